The van der Waals surface area contributed by atoms with Gasteiger partial charge in [0.25, 0.3) is 0 Å². The third-order valence-corrected chi connectivity index (χ3v) is 5.05. The summed E-state index contributed by atoms with van der Waals surface area (Å²) in [7, 11) is 3.33. The lowest BCUT2D eigenvalue weighted by Crippen LogP contribution is -2.31. The smallest absolute Gasteiger partial charge is 0.311 e. The van der Waals surface area contributed by atoms with Crippen LogP contribution in [0.2, 0.25) is 0 Å². The molecule has 25 heavy (non-hydrogen) atoms. The number of amides is 1. The van der Waals surface area contributed by atoms with E-state index in [-0.39, 0.29) is 29.8 Å². The highest BCUT2D eigenvalue weighted by molar-refractivity contribution is 7.99. The summed E-state index contributed by atoms with van der Waals surface area (Å²) in [5.41, 5.74) is 0.770. The maximum absolute atomic E-state index is 12.2. The number of halogens is 1. The van der Waals surface area contributed by atoms with Crippen LogP contribution in [0.1, 0.15) is 12.0 Å². The molecule has 0 spiro atoms. The quantitative estimate of drug-likeness (QED) is 0.542. The first-order valence-electron chi connectivity index (χ1n) is 7.86. The number of hydrogen-bond donors (Lipinski definition) is 1. The van der Waals surface area contributed by atoms with Crippen LogP contribution in [0.15, 0.2) is 18.2 Å². The van der Waals surface area contributed by atoms with Gasteiger partial charge in [0.05, 0.1) is 17.8 Å². The summed E-state index contributed by atoms with van der Waals surface area (Å²) in [6.07, 6.45) is 1.04. The molecule has 1 saturated heterocycles. The minimum atomic E-state index is -0.454. The van der Waals surface area contributed by atoms with Crippen molar-refractivity contribution in [1.29, 1.82) is 0 Å². The molecule has 7 nitrogen and oxygen atoms in total. The molecule has 1 aromatic carbocycles. The van der Waals surface area contributed by atoms with Gasteiger partial charge in [0.1, 0.15) is 0 Å². The second-order valence-electron chi connectivity index (χ2n) is 5.81. The monoisotopic (exact) mass is 389 g/mol. The highest BCUT2D eigenvalue weighted by Crippen LogP contribution is 2.29. The molecule has 0 radical (unpaired) electrons. The summed E-state index contributed by atoms with van der Waals surface area (Å²) in [5.74, 6) is 1.88. The van der Waals surface area contributed by atoms with Crippen molar-refractivity contribution in [3.05, 3.63) is 33.9 Å². The lowest BCUT2D eigenvalue weighted by molar-refractivity contribution is -0.385. The van der Waals surface area contributed by atoms with E-state index in [1.165, 1.54) is 24.9 Å². The second kappa shape index (κ2) is 10.5. The minimum absolute atomic E-state index is 0. The Kier molecular flexibility index (Phi) is 9.02. The van der Waals surface area contributed by atoms with Crippen LogP contribution in [-0.4, -0.2) is 55.3 Å². The van der Waals surface area contributed by atoms with Crippen molar-refractivity contribution >= 4 is 35.8 Å². The van der Waals surface area contributed by atoms with Crippen LogP contribution in [0.3, 0.4) is 0 Å². The topological polar surface area (TPSA) is 84.7 Å². The van der Waals surface area contributed by atoms with Gasteiger partial charge in [-0.2, -0.15) is 0 Å². The van der Waals surface area contributed by atoms with Crippen LogP contribution >= 0.6 is 24.2 Å². The normalized spacial score (nSPS) is 16.4. The first kappa shape index (κ1) is 21.5. The second-order valence-corrected chi connectivity index (χ2v) is 6.79. The molecule has 1 aliphatic heterocycles. The predicted molar refractivity (Wildman–Crippen MR) is 102 cm³/mol. The Bertz CT molecular complexity index is 603. The van der Waals surface area contributed by atoms with Gasteiger partial charge in [-0.1, -0.05) is 6.07 Å². The largest absolute Gasteiger partial charge is 0.490 e. The van der Waals surface area contributed by atoms with Gasteiger partial charge in [-0.25, -0.2) is 0 Å². The third-order valence-electron chi connectivity index (χ3n) is 4.07. The van der Waals surface area contributed by atoms with Gasteiger partial charge in [-0.15, -0.1) is 24.2 Å². The van der Waals surface area contributed by atoms with Crippen molar-refractivity contribution in [2.24, 2.45) is 5.92 Å². The highest BCUT2D eigenvalue weighted by atomic mass is 35.5. The molecule has 1 fully saturated rings. The van der Waals surface area contributed by atoms with E-state index < -0.39 is 4.92 Å². The highest BCUT2D eigenvalue weighted by Gasteiger charge is 2.25. The Morgan fingerprint density at radius 3 is 2.92 bits per heavy atom. The molecule has 0 aromatic heterocycles. The molecule has 1 aromatic rings. The standard InChI is InChI=1S/C16H23N3O4S.ClH/c1-17-8-13-5-6-18(9-13)16(20)11-24-10-12-3-4-15(23-2)14(7-12)19(21)22;/h3-4,7,13,17H,5-6,8-11H2,1-2H3;1H. The number of benzene rings is 1. The van der Waals surface area contributed by atoms with Gasteiger partial charge < -0.3 is 15.0 Å². The molecule has 0 bridgehead atoms. The molecule has 1 amide bonds. The zero-order valence-electron chi connectivity index (χ0n) is 14.4. The lowest BCUT2D eigenvalue weighted by Gasteiger charge is -2.16. The van der Waals surface area contributed by atoms with E-state index in [1.54, 1.807) is 12.1 Å². The molecule has 0 aliphatic carbocycles. The van der Waals surface area contributed by atoms with Crippen molar-refractivity contribution in [1.82, 2.24) is 10.2 Å². The van der Waals surface area contributed by atoms with Gasteiger partial charge in [0, 0.05) is 24.9 Å². The fraction of sp³-hybridized carbons (Fsp3) is 0.562. The molecule has 2 rings (SSSR count). The fourth-order valence-electron chi connectivity index (χ4n) is 2.83. The number of hydrogen-bond acceptors (Lipinski definition) is 6. The van der Waals surface area contributed by atoms with Gasteiger partial charge in [0.2, 0.25) is 5.91 Å². The Hall–Kier alpha value is -1.51. The number of nitrogens with zero attached hydrogens (tertiary/aromatic N) is 2. The van der Waals surface area contributed by atoms with E-state index in [4.69, 9.17) is 4.74 Å². The molecule has 1 aliphatic rings. The van der Waals surface area contributed by atoms with Crippen LogP contribution in [0.5, 0.6) is 5.75 Å². The maximum atomic E-state index is 12.2. The van der Waals surface area contributed by atoms with Gasteiger partial charge in [-0.3, -0.25) is 14.9 Å². The summed E-state index contributed by atoms with van der Waals surface area (Å²) >= 11 is 1.48. The molecule has 1 unspecified atom stereocenters. The number of likely N-dealkylation sites (tertiary alicyclic amines) is 1. The van der Waals surface area contributed by atoms with Gasteiger partial charge in [0.15, 0.2) is 5.75 Å². The summed E-state index contributed by atoms with van der Waals surface area (Å²) in [6.45, 7) is 2.57. The van der Waals surface area contributed by atoms with Crippen molar-refractivity contribution in [2.45, 2.75) is 12.2 Å². The molecule has 1 atom stereocenters. The zero-order valence-corrected chi connectivity index (χ0v) is 16.0. The van der Waals surface area contributed by atoms with E-state index in [2.05, 4.69) is 5.32 Å². The molecular weight excluding hydrogens is 366 g/mol. The van der Waals surface area contributed by atoms with Crippen molar-refractivity contribution in [3.63, 3.8) is 0 Å². The van der Waals surface area contributed by atoms with Crippen LogP contribution < -0.4 is 10.1 Å². The molecule has 0 saturated carbocycles. The average molecular weight is 390 g/mol. The number of nitro groups is 1. The summed E-state index contributed by atoms with van der Waals surface area (Å²) < 4.78 is 4.99. The third kappa shape index (κ3) is 6.05. The number of ether oxygens (including phenoxy) is 1. The lowest BCUT2D eigenvalue weighted by atomic mass is 10.1. The summed E-state index contributed by atoms with van der Waals surface area (Å²) in [4.78, 5) is 24.7. The number of thioether (sulfide) groups is 1. The van der Waals surface area contributed by atoms with Crippen molar-refractivity contribution in [2.75, 3.05) is 39.5 Å². The number of nitrogens with one attached hydrogen (secondary N) is 1. The molecule has 1 N–H and O–H groups in total. The number of methoxy groups -OCH3 is 1. The van der Waals surface area contributed by atoms with Crippen molar-refractivity contribution in [3.8, 4) is 5.75 Å². The average Bonchev–Trinajstić information content (AvgIpc) is 3.03. The molecule has 1 heterocycles. The van der Waals surface area contributed by atoms with E-state index >= 15 is 0 Å². The summed E-state index contributed by atoms with van der Waals surface area (Å²) in [5, 5.41) is 14.2. The first-order valence-corrected chi connectivity index (χ1v) is 9.02. The van der Waals surface area contributed by atoms with E-state index in [0.717, 1.165) is 31.6 Å². The van der Waals surface area contributed by atoms with Gasteiger partial charge in [-0.05, 0) is 37.6 Å². The molecular formula is C16H24ClN3O4S. The fourth-order valence-corrected chi connectivity index (χ4v) is 3.70. The number of rotatable bonds is 8. The van der Waals surface area contributed by atoms with E-state index in [1.807, 2.05) is 11.9 Å². The molecule has 9 heteroatoms. The van der Waals surface area contributed by atoms with Crippen LogP contribution in [0.4, 0.5) is 5.69 Å². The number of carbonyl (C=O) groups is 1. The Balaban J connectivity index is 0.00000312. The van der Waals surface area contributed by atoms with Gasteiger partial charge >= 0.3 is 5.69 Å². The maximum Gasteiger partial charge on any atom is 0.311 e. The van der Waals surface area contributed by atoms with Crippen LogP contribution in [0.25, 0.3) is 0 Å². The predicted octanol–water partition coefficient (Wildman–Crippen LogP) is 2.33. The van der Waals surface area contributed by atoms with E-state index in [9.17, 15) is 14.9 Å². The first-order chi connectivity index (χ1) is 11.5. The number of carbonyl (C=O) groups excluding carboxylic acids is 1. The van der Waals surface area contributed by atoms with E-state index in [0.29, 0.717) is 17.4 Å². The SMILES string of the molecule is CNCC1CCN(C(=O)CSCc2ccc(OC)c([N+](=O)[O-])c2)C1.Cl. The molecule has 140 valence electrons. The Morgan fingerprint density at radius 2 is 2.28 bits per heavy atom. The number of nitro benzene ring substituents is 1. The Labute approximate surface area is 158 Å². The zero-order chi connectivity index (χ0) is 17.5. The van der Waals surface area contributed by atoms with Crippen molar-refractivity contribution < 1.29 is 14.5 Å². The van der Waals surface area contributed by atoms with Crippen LogP contribution in [0, 0.1) is 16.0 Å². The Morgan fingerprint density at radius 1 is 1.52 bits per heavy atom. The van der Waals surface area contributed by atoms with Crippen LogP contribution in [-0.2, 0) is 10.5 Å². The summed E-state index contributed by atoms with van der Waals surface area (Å²) in [6, 6.07) is 4.90. The minimum Gasteiger partial charge on any atom is -0.490 e.